The Balaban J connectivity index is 1.43. The molecule has 4 heterocycles. The molecule has 0 radical (unpaired) electrons. The molecule has 1 amide bonds. The highest BCUT2D eigenvalue weighted by molar-refractivity contribution is 5.79. The zero-order valence-corrected chi connectivity index (χ0v) is 13.5. The van der Waals surface area contributed by atoms with Crippen molar-refractivity contribution >= 4 is 17.4 Å². The van der Waals surface area contributed by atoms with Gasteiger partial charge in [0.15, 0.2) is 11.5 Å². The number of nitrogens with zero attached hydrogens (tertiary/aromatic N) is 6. The molecule has 0 bridgehead atoms. The van der Waals surface area contributed by atoms with Gasteiger partial charge in [0, 0.05) is 32.1 Å². The topological polar surface area (TPSA) is 66.6 Å². The Bertz CT molecular complexity index is 712. The number of fused-ring (bicyclic) bond motifs is 1. The first-order valence-corrected chi connectivity index (χ1v) is 8.45. The van der Waals surface area contributed by atoms with Gasteiger partial charge >= 0.3 is 0 Å². The van der Waals surface area contributed by atoms with E-state index in [1.54, 1.807) is 4.52 Å². The lowest BCUT2D eigenvalue weighted by molar-refractivity contribution is -0.135. The van der Waals surface area contributed by atoms with Gasteiger partial charge in [-0.3, -0.25) is 4.79 Å². The zero-order chi connectivity index (χ0) is 15.8. The second-order valence-corrected chi connectivity index (χ2v) is 6.50. The summed E-state index contributed by atoms with van der Waals surface area (Å²) in [6.07, 6.45) is 4.14. The summed E-state index contributed by atoms with van der Waals surface area (Å²) >= 11 is 0. The largest absolute Gasteiger partial charge is 0.355 e. The molecule has 2 aromatic heterocycles. The Morgan fingerprint density at radius 1 is 1.09 bits per heavy atom. The Hall–Kier alpha value is -2.18. The number of aromatic nitrogens is 4. The van der Waals surface area contributed by atoms with Crippen LogP contribution in [0, 0.1) is 12.8 Å². The van der Waals surface area contributed by atoms with Crippen LogP contribution in [0.2, 0.25) is 0 Å². The number of aryl methyl sites for hydroxylation is 1. The highest BCUT2D eigenvalue weighted by atomic mass is 16.2. The highest BCUT2D eigenvalue weighted by Crippen LogP contribution is 2.25. The minimum atomic E-state index is 0.185. The van der Waals surface area contributed by atoms with Gasteiger partial charge in [-0.05, 0) is 44.7 Å². The normalized spacial score (nSPS) is 19.7. The summed E-state index contributed by atoms with van der Waals surface area (Å²) in [7, 11) is 0. The van der Waals surface area contributed by atoms with Crippen LogP contribution in [0.5, 0.6) is 0 Å². The van der Waals surface area contributed by atoms with Gasteiger partial charge < -0.3 is 9.80 Å². The van der Waals surface area contributed by atoms with Gasteiger partial charge in [0.1, 0.15) is 5.82 Å². The SMILES string of the molecule is Cc1nnc2ccc(N3CCC(C(=O)N4CCCC4)CC3)nn12. The van der Waals surface area contributed by atoms with Crippen LogP contribution in [0.1, 0.15) is 31.5 Å². The molecule has 0 aromatic carbocycles. The summed E-state index contributed by atoms with van der Waals surface area (Å²) in [4.78, 5) is 16.8. The number of hydrogen-bond donors (Lipinski definition) is 0. The van der Waals surface area contributed by atoms with Crippen molar-refractivity contribution in [3.63, 3.8) is 0 Å². The molecule has 0 spiro atoms. The molecule has 2 aliphatic rings. The molecule has 0 N–H and O–H groups in total. The van der Waals surface area contributed by atoms with E-state index in [0.717, 1.165) is 69.2 Å². The van der Waals surface area contributed by atoms with E-state index < -0.39 is 0 Å². The van der Waals surface area contributed by atoms with Crippen molar-refractivity contribution in [2.75, 3.05) is 31.1 Å². The van der Waals surface area contributed by atoms with Crippen molar-refractivity contribution < 1.29 is 4.79 Å². The molecule has 7 nitrogen and oxygen atoms in total. The Labute approximate surface area is 135 Å². The lowest BCUT2D eigenvalue weighted by Gasteiger charge is -2.33. The first kappa shape index (κ1) is 14.4. The monoisotopic (exact) mass is 314 g/mol. The molecule has 0 aliphatic carbocycles. The van der Waals surface area contributed by atoms with E-state index in [2.05, 4.69) is 20.2 Å². The van der Waals surface area contributed by atoms with E-state index in [1.165, 1.54) is 0 Å². The van der Waals surface area contributed by atoms with Crippen molar-refractivity contribution in [1.82, 2.24) is 24.7 Å². The first-order valence-electron chi connectivity index (χ1n) is 8.45. The van der Waals surface area contributed by atoms with Gasteiger partial charge in [-0.15, -0.1) is 15.3 Å². The van der Waals surface area contributed by atoms with Crippen LogP contribution in [0.3, 0.4) is 0 Å². The summed E-state index contributed by atoms with van der Waals surface area (Å²) in [6.45, 7) is 5.56. The lowest BCUT2D eigenvalue weighted by Crippen LogP contribution is -2.42. The number of carbonyl (C=O) groups excluding carboxylic acids is 1. The minimum absolute atomic E-state index is 0.185. The molecule has 2 saturated heterocycles. The highest BCUT2D eigenvalue weighted by Gasteiger charge is 2.30. The van der Waals surface area contributed by atoms with Gasteiger partial charge in [-0.2, -0.15) is 4.52 Å². The average Bonchev–Trinajstić information content (AvgIpc) is 3.25. The first-order chi connectivity index (χ1) is 11.2. The number of anilines is 1. The maximum absolute atomic E-state index is 12.5. The van der Waals surface area contributed by atoms with Crippen LogP contribution in [0.4, 0.5) is 5.82 Å². The fourth-order valence-electron chi connectivity index (χ4n) is 3.61. The van der Waals surface area contributed by atoms with Crippen LogP contribution >= 0.6 is 0 Å². The van der Waals surface area contributed by atoms with E-state index in [0.29, 0.717) is 5.91 Å². The Kier molecular flexibility index (Phi) is 3.63. The molecular formula is C16H22N6O. The molecule has 4 rings (SSSR count). The minimum Gasteiger partial charge on any atom is -0.355 e. The predicted molar refractivity (Wildman–Crippen MR) is 86.3 cm³/mol. The second kappa shape index (κ2) is 5.79. The van der Waals surface area contributed by atoms with E-state index >= 15 is 0 Å². The number of amides is 1. The van der Waals surface area contributed by atoms with E-state index in [1.807, 2.05) is 24.0 Å². The average molecular weight is 314 g/mol. The Morgan fingerprint density at radius 2 is 1.83 bits per heavy atom. The maximum atomic E-state index is 12.5. The molecule has 0 unspecified atom stereocenters. The fourth-order valence-corrected chi connectivity index (χ4v) is 3.61. The third kappa shape index (κ3) is 2.64. The molecule has 122 valence electrons. The third-order valence-electron chi connectivity index (χ3n) is 4.99. The number of hydrogen-bond acceptors (Lipinski definition) is 5. The smallest absolute Gasteiger partial charge is 0.225 e. The van der Waals surface area contributed by atoms with Gasteiger partial charge in [0.05, 0.1) is 0 Å². The van der Waals surface area contributed by atoms with Crippen LogP contribution in [-0.4, -0.2) is 56.8 Å². The van der Waals surface area contributed by atoms with Crippen LogP contribution in [-0.2, 0) is 4.79 Å². The van der Waals surface area contributed by atoms with Crippen LogP contribution in [0.25, 0.3) is 5.65 Å². The number of rotatable bonds is 2. The molecule has 2 fully saturated rings. The molecule has 2 aliphatic heterocycles. The molecule has 2 aromatic rings. The molecule has 23 heavy (non-hydrogen) atoms. The number of piperidine rings is 1. The number of carbonyl (C=O) groups is 1. The van der Waals surface area contributed by atoms with Crippen molar-refractivity contribution in [2.24, 2.45) is 5.92 Å². The summed E-state index contributed by atoms with van der Waals surface area (Å²) in [5.41, 5.74) is 0.769. The van der Waals surface area contributed by atoms with Crippen molar-refractivity contribution in [3.05, 3.63) is 18.0 Å². The van der Waals surface area contributed by atoms with E-state index in [9.17, 15) is 4.79 Å². The van der Waals surface area contributed by atoms with Gasteiger partial charge in [-0.25, -0.2) is 0 Å². The van der Waals surface area contributed by atoms with Crippen molar-refractivity contribution in [2.45, 2.75) is 32.6 Å². The van der Waals surface area contributed by atoms with Crippen LogP contribution in [0.15, 0.2) is 12.1 Å². The van der Waals surface area contributed by atoms with Gasteiger partial charge in [-0.1, -0.05) is 0 Å². The summed E-state index contributed by atoms with van der Waals surface area (Å²) < 4.78 is 1.77. The molecular weight excluding hydrogens is 292 g/mol. The maximum Gasteiger partial charge on any atom is 0.225 e. The molecule has 0 saturated carbocycles. The van der Waals surface area contributed by atoms with Crippen molar-refractivity contribution in [3.8, 4) is 0 Å². The predicted octanol–water partition coefficient (Wildman–Crippen LogP) is 1.27. The fraction of sp³-hybridized carbons (Fsp3) is 0.625. The van der Waals surface area contributed by atoms with E-state index in [-0.39, 0.29) is 5.92 Å². The number of likely N-dealkylation sites (tertiary alicyclic amines) is 1. The lowest BCUT2D eigenvalue weighted by atomic mass is 9.95. The standard InChI is InChI=1S/C16H22N6O/c1-12-17-18-14-4-5-15(19-22(12)14)20-10-6-13(7-11-20)16(23)21-8-2-3-9-21/h4-5,13H,2-3,6-11H2,1H3. The van der Waals surface area contributed by atoms with Crippen molar-refractivity contribution in [1.29, 1.82) is 0 Å². The molecule has 7 heteroatoms. The van der Waals surface area contributed by atoms with Crippen LogP contribution < -0.4 is 4.90 Å². The second-order valence-electron chi connectivity index (χ2n) is 6.50. The summed E-state index contributed by atoms with van der Waals surface area (Å²) in [6, 6.07) is 3.94. The summed E-state index contributed by atoms with van der Waals surface area (Å²) in [5.74, 6) is 2.28. The summed E-state index contributed by atoms with van der Waals surface area (Å²) in [5, 5.41) is 12.7. The zero-order valence-electron chi connectivity index (χ0n) is 13.5. The van der Waals surface area contributed by atoms with Gasteiger partial charge in [0.25, 0.3) is 0 Å². The van der Waals surface area contributed by atoms with Gasteiger partial charge in [0.2, 0.25) is 5.91 Å². The quantitative estimate of drug-likeness (QED) is 0.835. The third-order valence-corrected chi connectivity index (χ3v) is 4.99. The molecule has 0 atom stereocenters. The van der Waals surface area contributed by atoms with E-state index in [4.69, 9.17) is 0 Å². The Morgan fingerprint density at radius 3 is 2.57 bits per heavy atom.